The number of carbonyl (C=O) groups is 1. The predicted molar refractivity (Wildman–Crippen MR) is 93.9 cm³/mol. The summed E-state index contributed by atoms with van der Waals surface area (Å²) in [7, 11) is 1.69. The highest BCUT2D eigenvalue weighted by molar-refractivity contribution is 6.02. The summed E-state index contributed by atoms with van der Waals surface area (Å²) in [6.07, 6.45) is 10.3. The van der Waals surface area contributed by atoms with E-state index in [-0.39, 0.29) is 14.2 Å². The smallest absolute Gasteiger partial charge is 0.252 e. The molecule has 0 saturated carbocycles. The quantitative estimate of drug-likeness (QED) is 0.896. The maximum Gasteiger partial charge on any atom is 0.252 e. The molecule has 1 aromatic carbocycles. The van der Waals surface area contributed by atoms with Crippen molar-refractivity contribution in [3.05, 3.63) is 51.7 Å². The van der Waals surface area contributed by atoms with Crippen molar-refractivity contribution in [3.8, 4) is 0 Å². The molecule has 0 atom stereocenters. The average molecular weight is 318 g/mol. The van der Waals surface area contributed by atoms with Crippen LogP contribution in [0.15, 0.2) is 23.9 Å². The first-order valence-corrected chi connectivity index (χ1v) is 7.89. The van der Waals surface area contributed by atoms with E-state index in [4.69, 9.17) is 4.74 Å². The summed E-state index contributed by atoms with van der Waals surface area (Å²) in [6.45, 7) is 1.30. The van der Waals surface area contributed by atoms with E-state index in [9.17, 15) is 4.79 Å². The lowest BCUT2D eigenvalue weighted by Crippen LogP contribution is -2.13. The van der Waals surface area contributed by atoms with Crippen LogP contribution in [0, 0.1) is 0 Å². The first-order valence-electron chi connectivity index (χ1n) is 7.89. The van der Waals surface area contributed by atoms with Gasteiger partial charge in [-0.3, -0.25) is 4.79 Å². The van der Waals surface area contributed by atoms with Gasteiger partial charge >= 0.3 is 0 Å². The van der Waals surface area contributed by atoms with Gasteiger partial charge in [-0.25, -0.2) is 0 Å². The Kier molecular flexibility index (Phi) is 4.24. The van der Waals surface area contributed by atoms with Crippen LogP contribution < -0.4 is 10.6 Å². The fourth-order valence-corrected chi connectivity index (χ4v) is 3.87. The standard InChI is InChI=1S/C18H20N2O2.H2O.2H2/c1-22-8-3-2-5-11-9-14-15-10-19-18(21)16(15)12-6-4-7-13(12)17(14)20-11;;;/h2-3,5,20H,4,6-10H2,1H3,(H,19,21);1H2;2*1H/b3-2-,11-5+;;;. The van der Waals surface area contributed by atoms with Crippen LogP contribution in [-0.2, 0) is 30.5 Å². The first-order chi connectivity index (χ1) is 10.8. The largest absolute Gasteiger partial charge is 0.412 e. The van der Waals surface area contributed by atoms with E-state index >= 15 is 0 Å². The highest BCUT2D eigenvalue weighted by Gasteiger charge is 2.35. The fourth-order valence-electron chi connectivity index (χ4n) is 3.87. The molecule has 1 amide bonds. The molecule has 126 valence electrons. The summed E-state index contributed by atoms with van der Waals surface area (Å²) >= 11 is 0. The van der Waals surface area contributed by atoms with E-state index < -0.39 is 0 Å². The number of hydrogen-bond acceptors (Lipinski definition) is 3. The zero-order valence-electron chi connectivity index (χ0n) is 13.3. The normalized spacial score (nSPS) is 19.3. The second-order valence-electron chi connectivity index (χ2n) is 6.08. The van der Waals surface area contributed by atoms with Crippen LogP contribution in [0.2, 0.25) is 0 Å². The Labute approximate surface area is 138 Å². The van der Waals surface area contributed by atoms with E-state index in [0.717, 1.165) is 31.2 Å². The Morgan fingerprint density at radius 1 is 1.22 bits per heavy atom. The average Bonchev–Trinajstić information content (AvgIpc) is 3.20. The molecule has 2 aliphatic heterocycles. The number of ether oxygens (including phenoxy) is 1. The number of carbonyl (C=O) groups excluding carboxylic acids is 1. The molecule has 4 rings (SSSR count). The van der Waals surface area contributed by atoms with Crippen molar-refractivity contribution >= 4 is 11.6 Å². The molecule has 2 heterocycles. The highest BCUT2D eigenvalue weighted by atomic mass is 16.5. The molecule has 5 nitrogen and oxygen atoms in total. The second-order valence-corrected chi connectivity index (χ2v) is 6.08. The lowest BCUT2D eigenvalue weighted by Gasteiger charge is -2.12. The number of benzene rings is 1. The zero-order valence-corrected chi connectivity index (χ0v) is 13.3. The van der Waals surface area contributed by atoms with Gasteiger partial charge in [0.05, 0.1) is 6.61 Å². The summed E-state index contributed by atoms with van der Waals surface area (Å²) in [4.78, 5) is 12.2. The minimum absolute atomic E-state index is 0. The van der Waals surface area contributed by atoms with Gasteiger partial charge in [0.25, 0.3) is 5.91 Å². The summed E-state index contributed by atoms with van der Waals surface area (Å²) in [6, 6.07) is 0. The molecule has 3 aliphatic rings. The van der Waals surface area contributed by atoms with E-state index in [1.165, 1.54) is 33.6 Å². The Morgan fingerprint density at radius 3 is 2.87 bits per heavy atom. The van der Waals surface area contributed by atoms with Crippen molar-refractivity contribution in [1.29, 1.82) is 0 Å². The number of fused-ring (bicyclic) bond motifs is 6. The van der Waals surface area contributed by atoms with Gasteiger partial charge in [0.1, 0.15) is 0 Å². The summed E-state index contributed by atoms with van der Waals surface area (Å²) in [5, 5.41) is 6.59. The monoisotopic (exact) mass is 318 g/mol. The molecule has 0 saturated heterocycles. The highest BCUT2D eigenvalue weighted by Crippen LogP contribution is 2.43. The molecular weight excluding hydrogens is 292 g/mol. The van der Waals surface area contributed by atoms with Gasteiger partial charge in [0.15, 0.2) is 0 Å². The fraction of sp³-hybridized carbons (Fsp3) is 0.389. The summed E-state index contributed by atoms with van der Waals surface area (Å²) in [5.74, 6) is 0.119. The van der Waals surface area contributed by atoms with Crippen LogP contribution in [0.3, 0.4) is 0 Å². The van der Waals surface area contributed by atoms with Crippen molar-refractivity contribution in [2.24, 2.45) is 0 Å². The van der Waals surface area contributed by atoms with Gasteiger partial charge in [0.2, 0.25) is 0 Å². The van der Waals surface area contributed by atoms with E-state index in [1.807, 2.05) is 12.2 Å². The molecule has 0 aromatic heterocycles. The number of anilines is 1. The van der Waals surface area contributed by atoms with Crippen molar-refractivity contribution in [2.75, 3.05) is 19.0 Å². The van der Waals surface area contributed by atoms with Crippen LogP contribution in [0.4, 0.5) is 5.69 Å². The van der Waals surface area contributed by atoms with E-state index in [2.05, 4.69) is 16.7 Å². The third-order valence-corrected chi connectivity index (χ3v) is 4.79. The maximum absolute atomic E-state index is 12.2. The molecule has 23 heavy (non-hydrogen) atoms. The van der Waals surface area contributed by atoms with Crippen LogP contribution in [0.1, 0.15) is 41.9 Å². The van der Waals surface area contributed by atoms with Crippen molar-refractivity contribution < 1.29 is 17.9 Å². The topological polar surface area (TPSA) is 81.9 Å². The maximum atomic E-state index is 12.2. The van der Waals surface area contributed by atoms with Gasteiger partial charge in [0, 0.05) is 39.9 Å². The lowest BCUT2D eigenvalue weighted by atomic mass is 9.92. The molecule has 4 N–H and O–H groups in total. The van der Waals surface area contributed by atoms with E-state index in [1.54, 1.807) is 7.11 Å². The minimum Gasteiger partial charge on any atom is -0.412 e. The molecule has 1 aromatic rings. The van der Waals surface area contributed by atoms with Gasteiger partial charge in [-0.05, 0) is 47.6 Å². The van der Waals surface area contributed by atoms with Crippen LogP contribution in [-0.4, -0.2) is 25.1 Å². The number of nitrogens with one attached hydrogen (secondary N) is 2. The van der Waals surface area contributed by atoms with Gasteiger partial charge in [-0.15, -0.1) is 0 Å². The number of rotatable bonds is 3. The van der Waals surface area contributed by atoms with Crippen molar-refractivity contribution in [3.63, 3.8) is 0 Å². The number of allylic oxidation sites excluding steroid dienone is 3. The van der Waals surface area contributed by atoms with Gasteiger partial charge in [-0.2, -0.15) is 0 Å². The van der Waals surface area contributed by atoms with Gasteiger partial charge in [-0.1, -0.05) is 12.2 Å². The van der Waals surface area contributed by atoms with Crippen LogP contribution in [0.25, 0.3) is 0 Å². The zero-order chi connectivity index (χ0) is 15.1. The number of methoxy groups -OCH3 is 1. The Hall–Kier alpha value is -2.11. The molecule has 0 spiro atoms. The van der Waals surface area contributed by atoms with Gasteiger partial charge < -0.3 is 20.8 Å². The molecule has 0 unspecified atom stereocenters. The van der Waals surface area contributed by atoms with Crippen LogP contribution >= 0.6 is 0 Å². The Balaban J connectivity index is 0.00000104. The molecule has 0 bridgehead atoms. The van der Waals surface area contributed by atoms with Crippen molar-refractivity contribution in [2.45, 2.75) is 32.2 Å². The van der Waals surface area contributed by atoms with E-state index in [0.29, 0.717) is 13.2 Å². The summed E-state index contributed by atoms with van der Waals surface area (Å²) < 4.78 is 5.02. The Bertz CT molecular complexity index is 730. The number of amides is 1. The first kappa shape index (κ1) is 15.8. The summed E-state index contributed by atoms with van der Waals surface area (Å²) in [5.41, 5.74) is 8.64. The lowest BCUT2D eigenvalue weighted by molar-refractivity contribution is 0.0965. The molecular formula is C18H26N2O3. The molecule has 0 fully saturated rings. The molecule has 5 heteroatoms. The number of hydrogen-bond donors (Lipinski definition) is 2. The molecule has 0 radical (unpaired) electrons. The van der Waals surface area contributed by atoms with Crippen molar-refractivity contribution in [1.82, 2.24) is 5.32 Å². The van der Waals surface area contributed by atoms with Crippen LogP contribution in [0.5, 0.6) is 0 Å². The Morgan fingerprint density at radius 2 is 2.04 bits per heavy atom. The third kappa shape index (κ3) is 2.46. The molecule has 1 aliphatic carbocycles. The minimum atomic E-state index is 0. The second kappa shape index (κ2) is 6.18. The third-order valence-electron chi connectivity index (χ3n) is 4.79. The SMILES string of the molecule is COC/C=C\C=C1/Cc2c3c(c4c(c2N1)CCC4)C(=O)NC3.O.[HH].[HH]. The predicted octanol–water partition coefficient (Wildman–Crippen LogP) is 2.14.